The van der Waals surface area contributed by atoms with Gasteiger partial charge >= 0.3 is 0 Å². The van der Waals surface area contributed by atoms with Crippen molar-refractivity contribution in [2.45, 2.75) is 36.1 Å². The minimum absolute atomic E-state index is 0.534. The predicted molar refractivity (Wildman–Crippen MR) is 148 cm³/mol. The van der Waals surface area contributed by atoms with Crippen LogP contribution in [0.1, 0.15) is 24.8 Å². The summed E-state index contributed by atoms with van der Waals surface area (Å²) in [7, 11) is 5.55. The Balaban J connectivity index is 1.38. The molecule has 0 atom stereocenters. The second kappa shape index (κ2) is 11.7. The van der Waals surface area contributed by atoms with Crippen LogP contribution < -0.4 is 14.4 Å². The van der Waals surface area contributed by atoms with Crippen molar-refractivity contribution in [3.05, 3.63) is 48.0 Å². The predicted octanol–water partition coefficient (Wildman–Crippen LogP) is 4.55. The van der Waals surface area contributed by atoms with Crippen LogP contribution >= 0.6 is 11.8 Å². The van der Waals surface area contributed by atoms with E-state index in [1.165, 1.54) is 5.56 Å². The highest BCUT2D eigenvalue weighted by Gasteiger charge is 2.24. The third-order valence-electron chi connectivity index (χ3n) is 7.22. The first kappa shape index (κ1) is 25.1. The third-order valence-corrected chi connectivity index (χ3v) is 8.56. The molecule has 0 spiro atoms. The fourth-order valence-electron chi connectivity index (χ4n) is 5.08. The zero-order valence-electron chi connectivity index (χ0n) is 21.7. The molecule has 36 heavy (non-hydrogen) atoms. The molecule has 2 aromatic carbocycles. The largest absolute Gasteiger partial charge is 0.493 e. The lowest BCUT2D eigenvalue weighted by Gasteiger charge is -2.31. The van der Waals surface area contributed by atoms with Crippen LogP contribution in [0.3, 0.4) is 0 Å². The second-order valence-corrected chi connectivity index (χ2v) is 11.1. The summed E-state index contributed by atoms with van der Waals surface area (Å²) >= 11 is 1.91. The minimum Gasteiger partial charge on any atom is -0.493 e. The molecule has 5 rings (SSSR count). The van der Waals surface area contributed by atoms with Gasteiger partial charge in [0.1, 0.15) is 5.03 Å². The van der Waals surface area contributed by atoms with Crippen LogP contribution in [-0.2, 0) is 6.54 Å². The number of thioether (sulfide) groups is 1. The normalized spacial score (nSPS) is 18.4. The molecule has 0 bridgehead atoms. The summed E-state index contributed by atoms with van der Waals surface area (Å²) in [4.78, 5) is 17.4. The van der Waals surface area contributed by atoms with E-state index in [-0.39, 0.29) is 0 Å². The molecule has 2 aliphatic heterocycles. The van der Waals surface area contributed by atoms with Crippen LogP contribution in [0, 0.1) is 0 Å². The Morgan fingerprint density at radius 3 is 2.39 bits per heavy atom. The monoisotopic (exact) mass is 507 g/mol. The quantitative estimate of drug-likeness (QED) is 0.432. The maximum atomic E-state index is 5.62. The number of likely N-dealkylation sites (N-methyl/N-ethyl adjacent to an activating group) is 1. The molecule has 2 aliphatic rings. The van der Waals surface area contributed by atoms with Gasteiger partial charge in [-0.25, -0.2) is 9.97 Å². The molecule has 3 heterocycles. The van der Waals surface area contributed by atoms with Gasteiger partial charge in [-0.05, 0) is 57.6 Å². The zero-order chi connectivity index (χ0) is 24.9. The number of fused-ring (bicyclic) bond motifs is 1. The van der Waals surface area contributed by atoms with Crippen LogP contribution in [0.5, 0.6) is 11.5 Å². The third kappa shape index (κ3) is 5.88. The van der Waals surface area contributed by atoms with Crippen molar-refractivity contribution >= 4 is 28.6 Å². The number of anilines is 1. The Labute approximate surface area is 218 Å². The van der Waals surface area contributed by atoms with Crippen molar-refractivity contribution in [2.75, 3.05) is 65.4 Å². The Bertz CT molecular complexity index is 1150. The molecular weight excluding hydrogens is 470 g/mol. The van der Waals surface area contributed by atoms with Crippen molar-refractivity contribution in [3.8, 4) is 11.5 Å². The molecule has 2 saturated heterocycles. The molecule has 0 aliphatic carbocycles. The van der Waals surface area contributed by atoms with Gasteiger partial charge in [0.15, 0.2) is 11.5 Å². The zero-order valence-corrected chi connectivity index (χ0v) is 22.5. The standard InChI is InChI=1S/C28H37N5O2S/c1-31-12-7-13-33(17-16-31)28-29-24-19-26(35-3)25(34-2)18-23(24)27(30-28)36-22-10-14-32(15-11-22)20-21-8-5-4-6-9-21/h4-6,8-9,18-19,22H,7,10-17,20H2,1-3H3. The molecule has 0 unspecified atom stereocenters. The Kier molecular flexibility index (Phi) is 8.14. The minimum atomic E-state index is 0.534. The average molecular weight is 508 g/mol. The number of ether oxygens (including phenoxy) is 2. The first-order valence-electron chi connectivity index (χ1n) is 12.9. The van der Waals surface area contributed by atoms with Gasteiger partial charge in [0.2, 0.25) is 5.95 Å². The molecule has 0 N–H and O–H groups in total. The average Bonchev–Trinajstić information content (AvgIpc) is 3.14. The lowest BCUT2D eigenvalue weighted by molar-refractivity contribution is 0.225. The highest BCUT2D eigenvalue weighted by atomic mass is 32.2. The highest BCUT2D eigenvalue weighted by Crippen LogP contribution is 2.39. The Morgan fingerprint density at radius 1 is 0.889 bits per heavy atom. The molecule has 0 amide bonds. The molecule has 3 aromatic rings. The van der Waals surface area contributed by atoms with Crippen LogP contribution in [-0.4, -0.2) is 85.6 Å². The van der Waals surface area contributed by atoms with Gasteiger partial charge in [-0.2, -0.15) is 0 Å². The van der Waals surface area contributed by atoms with Crippen molar-refractivity contribution in [1.82, 2.24) is 19.8 Å². The van der Waals surface area contributed by atoms with Gasteiger partial charge in [0, 0.05) is 42.9 Å². The number of nitrogens with zero attached hydrogens (tertiary/aromatic N) is 5. The van der Waals surface area contributed by atoms with Gasteiger partial charge in [-0.1, -0.05) is 30.3 Å². The summed E-state index contributed by atoms with van der Waals surface area (Å²) in [6.45, 7) is 7.30. The van der Waals surface area contributed by atoms with E-state index in [1.807, 2.05) is 23.9 Å². The lowest BCUT2D eigenvalue weighted by Crippen LogP contribution is -2.34. The number of hydrogen-bond acceptors (Lipinski definition) is 8. The second-order valence-electron chi connectivity index (χ2n) is 9.78. The Morgan fingerprint density at radius 2 is 1.64 bits per heavy atom. The number of methoxy groups -OCH3 is 2. The number of benzene rings is 2. The number of rotatable bonds is 7. The highest BCUT2D eigenvalue weighted by molar-refractivity contribution is 8.00. The first-order valence-corrected chi connectivity index (χ1v) is 13.8. The van der Waals surface area contributed by atoms with Crippen molar-refractivity contribution in [2.24, 2.45) is 0 Å². The van der Waals surface area contributed by atoms with E-state index in [0.29, 0.717) is 11.0 Å². The fourth-order valence-corrected chi connectivity index (χ4v) is 6.27. The molecule has 1 aromatic heterocycles. The van der Waals surface area contributed by atoms with Gasteiger partial charge in [0.05, 0.1) is 19.7 Å². The molecule has 0 radical (unpaired) electrons. The number of hydrogen-bond donors (Lipinski definition) is 0. The SMILES string of the molecule is COc1cc2nc(N3CCCN(C)CC3)nc(SC3CCN(Cc4ccccc4)CC3)c2cc1OC. The molecule has 8 heteroatoms. The maximum absolute atomic E-state index is 5.62. The van der Waals surface area contributed by atoms with Crippen molar-refractivity contribution in [1.29, 1.82) is 0 Å². The first-order chi connectivity index (χ1) is 17.6. The number of piperidine rings is 1. The van der Waals surface area contributed by atoms with E-state index in [1.54, 1.807) is 14.2 Å². The van der Waals surface area contributed by atoms with E-state index >= 15 is 0 Å². The fraction of sp³-hybridized carbons (Fsp3) is 0.500. The summed E-state index contributed by atoms with van der Waals surface area (Å²) in [6.07, 6.45) is 3.42. The molecule has 192 valence electrons. The lowest BCUT2D eigenvalue weighted by atomic mass is 10.1. The summed E-state index contributed by atoms with van der Waals surface area (Å²) in [5, 5.41) is 2.63. The van der Waals surface area contributed by atoms with E-state index in [4.69, 9.17) is 19.4 Å². The van der Waals surface area contributed by atoms with Crippen LogP contribution in [0.15, 0.2) is 47.5 Å². The summed E-state index contributed by atoms with van der Waals surface area (Å²) in [5.41, 5.74) is 2.30. The molecule has 0 saturated carbocycles. The van der Waals surface area contributed by atoms with E-state index < -0.39 is 0 Å². The van der Waals surface area contributed by atoms with E-state index in [9.17, 15) is 0 Å². The maximum Gasteiger partial charge on any atom is 0.227 e. The van der Waals surface area contributed by atoms with Gasteiger partial charge in [0.25, 0.3) is 0 Å². The van der Waals surface area contributed by atoms with Crippen molar-refractivity contribution in [3.63, 3.8) is 0 Å². The van der Waals surface area contributed by atoms with Crippen LogP contribution in [0.4, 0.5) is 5.95 Å². The van der Waals surface area contributed by atoms with Crippen LogP contribution in [0.2, 0.25) is 0 Å². The van der Waals surface area contributed by atoms with E-state index in [2.05, 4.69) is 52.1 Å². The number of aromatic nitrogens is 2. The summed E-state index contributed by atoms with van der Waals surface area (Å²) in [5.74, 6) is 2.25. The van der Waals surface area contributed by atoms with Crippen LogP contribution in [0.25, 0.3) is 10.9 Å². The van der Waals surface area contributed by atoms with Gasteiger partial charge < -0.3 is 19.3 Å². The molecular formula is C28H37N5O2S. The summed E-state index contributed by atoms with van der Waals surface area (Å²) in [6, 6.07) is 14.8. The topological polar surface area (TPSA) is 54.0 Å². The van der Waals surface area contributed by atoms with E-state index in [0.717, 1.165) is 92.7 Å². The van der Waals surface area contributed by atoms with Gasteiger partial charge in [-0.15, -0.1) is 11.8 Å². The summed E-state index contributed by atoms with van der Waals surface area (Å²) < 4.78 is 11.2. The Hall–Kier alpha value is -2.55. The molecule has 7 nitrogen and oxygen atoms in total. The smallest absolute Gasteiger partial charge is 0.227 e. The van der Waals surface area contributed by atoms with Crippen molar-refractivity contribution < 1.29 is 9.47 Å². The molecule has 2 fully saturated rings. The number of likely N-dealkylation sites (tertiary alicyclic amines) is 1. The van der Waals surface area contributed by atoms with Gasteiger partial charge in [-0.3, -0.25) is 4.90 Å².